The van der Waals surface area contributed by atoms with Gasteiger partial charge >= 0.3 is 29.6 Å². The Morgan fingerprint density at radius 1 is 0.654 bits per heavy atom. The predicted molar refractivity (Wildman–Crippen MR) is 104 cm³/mol. The molecule has 4 nitrogen and oxygen atoms in total. The van der Waals surface area contributed by atoms with Crippen molar-refractivity contribution in [2.75, 3.05) is 0 Å². The first-order chi connectivity index (χ1) is 12.0. The van der Waals surface area contributed by atoms with E-state index in [1.165, 1.54) is 83.5 Å². The Bertz CT molecular complexity index is 374. The molecule has 0 saturated heterocycles. The summed E-state index contributed by atoms with van der Waals surface area (Å²) in [4.78, 5) is 0. The molecular formula is C20H41NaO4S. The van der Waals surface area contributed by atoms with E-state index in [1.54, 1.807) is 0 Å². The van der Waals surface area contributed by atoms with Crippen molar-refractivity contribution in [1.29, 1.82) is 0 Å². The van der Waals surface area contributed by atoms with Gasteiger partial charge in [-0.25, -0.2) is 8.42 Å². The van der Waals surface area contributed by atoms with E-state index in [9.17, 15) is 13.0 Å². The van der Waals surface area contributed by atoms with Crippen molar-refractivity contribution in [3.05, 3.63) is 0 Å². The maximum absolute atomic E-state index is 10.5. The summed E-state index contributed by atoms with van der Waals surface area (Å²) in [5.41, 5.74) is -1.72. The molecule has 6 heteroatoms. The summed E-state index contributed by atoms with van der Waals surface area (Å²) in [5.74, 6) is 0. The average molecular weight is 401 g/mol. The second-order valence-electron chi connectivity index (χ2n) is 7.39. The van der Waals surface area contributed by atoms with Gasteiger partial charge in [-0.1, -0.05) is 110 Å². The zero-order chi connectivity index (χ0) is 18.8. The summed E-state index contributed by atoms with van der Waals surface area (Å²) in [5, 5.41) is 9.11. The third kappa shape index (κ3) is 21.2. The van der Waals surface area contributed by atoms with Crippen LogP contribution in [0.1, 0.15) is 122 Å². The van der Waals surface area contributed by atoms with E-state index in [-0.39, 0.29) is 36.0 Å². The first-order valence-corrected chi connectivity index (χ1v) is 12.1. The van der Waals surface area contributed by atoms with E-state index in [1.807, 2.05) is 0 Å². The Balaban J connectivity index is 0. The molecule has 0 amide bonds. The molecule has 0 saturated carbocycles. The van der Waals surface area contributed by atoms with Gasteiger partial charge in [0.25, 0.3) is 0 Å². The van der Waals surface area contributed by atoms with Crippen molar-refractivity contribution in [2.24, 2.45) is 0 Å². The van der Waals surface area contributed by atoms with E-state index in [2.05, 4.69) is 6.92 Å². The molecule has 0 fully saturated rings. The summed E-state index contributed by atoms with van der Waals surface area (Å²) in [6, 6.07) is 0. The monoisotopic (exact) mass is 400 g/mol. The molecule has 0 bridgehead atoms. The molecule has 26 heavy (non-hydrogen) atoms. The molecule has 1 atom stereocenters. The molecule has 1 N–H and O–H groups in total. The molecule has 1 unspecified atom stereocenters. The second kappa shape index (κ2) is 20.6. The molecular weight excluding hydrogens is 359 g/mol. The number of hydrogen-bond acceptors (Lipinski definition) is 4. The van der Waals surface area contributed by atoms with Gasteiger partial charge in [0.15, 0.2) is 0 Å². The average Bonchev–Trinajstić information content (AvgIpc) is 2.56. The number of aliphatic hydroxyl groups is 1. The van der Waals surface area contributed by atoms with E-state index in [0.717, 1.165) is 19.3 Å². The van der Waals surface area contributed by atoms with Gasteiger partial charge in [0.2, 0.25) is 0 Å². The number of hydrogen-bond donors (Lipinski definition) is 1. The predicted octanol–water partition coefficient (Wildman–Crippen LogP) is 2.90. The van der Waals surface area contributed by atoms with Crippen LogP contribution in [0.15, 0.2) is 0 Å². The van der Waals surface area contributed by atoms with E-state index in [0.29, 0.717) is 6.42 Å². The number of rotatable bonds is 19. The quantitative estimate of drug-likeness (QED) is 0.205. The van der Waals surface area contributed by atoms with Crippen LogP contribution in [0, 0.1) is 0 Å². The van der Waals surface area contributed by atoms with Crippen molar-refractivity contribution in [2.45, 2.75) is 128 Å². The van der Waals surface area contributed by atoms with Gasteiger partial charge in [-0.3, -0.25) is 0 Å². The van der Waals surface area contributed by atoms with Crippen LogP contribution in [0.5, 0.6) is 0 Å². The third-order valence-corrected chi connectivity index (χ3v) is 5.79. The Kier molecular flexibility index (Phi) is 23.0. The zero-order valence-corrected chi connectivity index (χ0v) is 20.2. The van der Waals surface area contributed by atoms with Crippen LogP contribution < -0.4 is 29.6 Å². The zero-order valence-electron chi connectivity index (χ0n) is 17.4. The third-order valence-electron chi connectivity index (χ3n) is 4.89. The molecule has 0 aliphatic heterocycles. The Morgan fingerprint density at radius 2 is 0.923 bits per heavy atom. The Hall–Kier alpha value is 0.870. The van der Waals surface area contributed by atoms with Crippen LogP contribution in [0.3, 0.4) is 0 Å². The van der Waals surface area contributed by atoms with Crippen molar-refractivity contribution in [3.63, 3.8) is 0 Å². The summed E-state index contributed by atoms with van der Waals surface area (Å²) in [6.45, 7) is 2.26. The minimum Gasteiger partial charge on any atom is -0.746 e. The van der Waals surface area contributed by atoms with Crippen LogP contribution in [0.2, 0.25) is 0 Å². The molecule has 0 aliphatic carbocycles. The first-order valence-electron chi connectivity index (χ1n) is 10.6. The molecule has 0 aromatic heterocycles. The van der Waals surface area contributed by atoms with E-state index in [4.69, 9.17) is 5.11 Å². The molecule has 152 valence electrons. The van der Waals surface area contributed by atoms with Gasteiger partial charge in [0.1, 0.15) is 15.6 Å². The maximum Gasteiger partial charge on any atom is 1.00 e. The maximum atomic E-state index is 10.5. The van der Waals surface area contributed by atoms with Gasteiger partial charge in [-0.05, 0) is 12.8 Å². The largest absolute Gasteiger partial charge is 1.00 e. The molecule has 0 radical (unpaired) electrons. The Morgan fingerprint density at radius 3 is 1.19 bits per heavy atom. The normalized spacial score (nSPS) is 12.7. The molecule has 0 aromatic rings. The van der Waals surface area contributed by atoms with Gasteiger partial charge in [-0.2, -0.15) is 0 Å². The first kappa shape index (κ1) is 29.1. The summed E-state index contributed by atoms with van der Waals surface area (Å²) < 4.78 is 31.6. The number of aliphatic hydroxyl groups excluding tert-OH is 1. The van der Waals surface area contributed by atoms with Gasteiger partial charge in [0, 0.05) is 0 Å². The molecule has 0 rings (SSSR count). The van der Waals surface area contributed by atoms with Crippen LogP contribution in [-0.2, 0) is 10.1 Å². The van der Waals surface area contributed by atoms with Crippen molar-refractivity contribution in [1.82, 2.24) is 0 Å². The summed E-state index contributed by atoms with van der Waals surface area (Å²) >= 11 is 0. The van der Waals surface area contributed by atoms with Crippen LogP contribution in [0.25, 0.3) is 0 Å². The number of unbranched alkanes of at least 4 members (excludes halogenated alkanes) is 16. The van der Waals surface area contributed by atoms with Crippen molar-refractivity contribution < 1.29 is 47.6 Å². The minimum absolute atomic E-state index is 0. The van der Waals surface area contributed by atoms with E-state index < -0.39 is 15.6 Å². The summed E-state index contributed by atoms with van der Waals surface area (Å²) in [7, 11) is -4.52. The molecule has 0 aromatic carbocycles. The van der Waals surface area contributed by atoms with Gasteiger partial charge in [0.05, 0.1) is 0 Å². The fourth-order valence-corrected chi connectivity index (χ4v) is 3.64. The fourth-order valence-electron chi connectivity index (χ4n) is 3.19. The Labute approximate surface area is 185 Å². The van der Waals surface area contributed by atoms with Gasteiger partial charge in [-0.15, -0.1) is 0 Å². The second-order valence-corrected chi connectivity index (χ2v) is 8.92. The van der Waals surface area contributed by atoms with Crippen molar-refractivity contribution in [3.8, 4) is 0 Å². The van der Waals surface area contributed by atoms with Gasteiger partial charge < -0.3 is 9.66 Å². The minimum atomic E-state index is -4.52. The topological polar surface area (TPSA) is 77.4 Å². The standard InChI is InChI=1S/C20H42O4S.Na/c1-2-3-4-5-6-7-8-9-10-11-12-13-14-15-16-17-18-19-20(21)25(22,23)24;/h20-21H,2-19H2,1H3,(H,22,23,24);/q;+1/p-1. The smallest absolute Gasteiger partial charge is 0.746 e. The molecule has 0 heterocycles. The fraction of sp³-hybridized carbons (Fsp3) is 1.00. The van der Waals surface area contributed by atoms with Crippen LogP contribution >= 0.6 is 0 Å². The molecule has 0 aliphatic rings. The van der Waals surface area contributed by atoms with Crippen LogP contribution in [-0.4, -0.2) is 23.5 Å². The van der Waals surface area contributed by atoms with Crippen molar-refractivity contribution >= 4 is 10.1 Å². The van der Waals surface area contributed by atoms with Crippen LogP contribution in [0.4, 0.5) is 0 Å². The molecule has 0 spiro atoms. The van der Waals surface area contributed by atoms with E-state index >= 15 is 0 Å². The summed E-state index contributed by atoms with van der Waals surface area (Å²) in [6.07, 6.45) is 21.5. The SMILES string of the molecule is CCCCCCCCCCCCCCCCCCCC(O)S(=O)(=O)[O-].[Na+].